The van der Waals surface area contributed by atoms with Crippen LogP contribution in [0.3, 0.4) is 0 Å². The van der Waals surface area contributed by atoms with Crippen molar-refractivity contribution in [2.45, 2.75) is 12.8 Å². The van der Waals surface area contributed by atoms with Gasteiger partial charge >= 0.3 is 0 Å². The van der Waals surface area contributed by atoms with Crippen LogP contribution in [0.2, 0.25) is 0 Å². The van der Waals surface area contributed by atoms with Gasteiger partial charge in [0, 0.05) is 11.4 Å². The summed E-state index contributed by atoms with van der Waals surface area (Å²) >= 11 is 1.56. The molecule has 0 fully saturated rings. The molecule has 0 spiro atoms. The van der Waals surface area contributed by atoms with Gasteiger partial charge in [0.1, 0.15) is 16.9 Å². The van der Waals surface area contributed by atoms with Gasteiger partial charge in [0.15, 0.2) is 5.65 Å². The normalized spacial score (nSPS) is 11.5. The molecule has 0 saturated carbocycles. The molecule has 3 N–H and O–H groups in total. The minimum absolute atomic E-state index is 0.216. The van der Waals surface area contributed by atoms with E-state index in [9.17, 15) is 4.79 Å². The fourth-order valence-electron chi connectivity index (χ4n) is 3.70. The van der Waals surface area contributed by atoms with Crippen LogP contribution < -0.4 is 11.1 Å². The van der Waals surface area contributed by atoms with Crippen molar-refractivity contribution in [2.24, 2.45) is 5.10 Å². The van der Waals surface area contributed by atoms with E-state index in [0.29, 0.717) is 34.3 Å². The average molecular weight is 455 g/mol. The molecule has 5 rings (SSSR count). The van der Waals surface area contributed by atoms with Crippen molar-refractivity contribution in [2.75, 3.05) is 12.3 Å². The SMILES string of the molecule is Nc1c(C(=O)NCCCc2ccccc2)c2nc3ccccc3nc2n1N=Cc1cccs1. The highest BCUT2D eigenvalue weighted by Crippen LogP contribution is 2.28. The number of aromatic nitrogens is 3. The topological polar surface area (TPSA) is 98.2 Å². The fraction of sp³-hybridized carbons (Fsp3) is 0.120. The van der Waals surface area contributed by atoms with E-state index in [0.717, 1.165) is 17.7 Å². The Morgan fingerprint density at radius 3 is 2.55 bits per heavy atom. The molecule has 0 radical (unpaired) electrons. The summed E-state index contributed by atoms with van der Waals surface area (Å²) in [4.78, 5) is 23.5. The van der Waals surface area contributed by atoms with E-state index >= 15 is 0 Å². The first-order valence-electron chi connectivity index (χ1n) is 10.7. The summed E-state index contributed by atoms with van der Waals surface area (Å²) < 4.78 is 1.49. The Hall–Kier alpha value is -4.04. The molecule has 0 aliphatic rings. The summed E-state index contributed by atoms with van der Waals surface area (Å²) in [5.74, 6) is -0.0612. The van der Waals surface area contributed by atoms with Crippen molar-refractivity contribution in [3.63, 3.8) is 0 Å². The van der Waals surface area contributed by atoms with Crippen molar-refractivity contribution in [3.8, 4) is 0 Å². The monoisotopic (exact) mass is 454 g/mol. The first kappa shape index (κ1) is 20.8. The van der Waals surface area contributed by atoms with E-state index in [4.69, 9.17) is 15.7 Å². The summed E-state index contributed by atoms with van der Waals surface area (Å²) in [6.45, 7) is 0.527. The fourth-order valence-corrected chi connectivity index (χ4v) is 4.27. The van der Waals surface area contributed by atoms with E-state index < -0.39 is 0 Å². The zero-order valence-electron chi connectivity index (χ0n) is 17.8. The number of rotatable bonds is 7. The van der Waals surface area contributed by atoms with Crippen LogP contribution in [0.15, 0.2) is 77.2 Å². The molecule has 0 saturated heterocycles. The molecule has 1 amide bonds. The summed E-state index contributed by atoms with van der Waals surface area (Å²) in [5.41, 5.74) is 10.3. The maximum atomic E-state index is 13.2. The lowest BCUT2D eigenvalue weighted by Crippen LogP contribution is -2.25. The van der Waals surface area contributed by atoms with Gasteiger partial charge in [-0.1, -0.05) is 48.5 Å². The minimum Gasteiger partial charge on any atom is -0.383 e. The molecular formula is C25H22N6OS. The molecule has 33 heavy (non-hydrogen) atoms. The molecule has 3 aromatic heterocycles. The summed E-state index contributed by atoms with van der Waals surface area (Å²) in [6, 6.07) is 21.6. The smallest absolute Gasteiger partial charge is 0.257 e. The van der Waals surface area contributed by atoms with Gasteiger partial charge in [-0.25, -0.2) is 9.97 Å². The Kier molecular flexibility index (Phi) is 5.82. The van der Waals surface area contributed by atoms with Crippen molar-refractivity contribution in [1.82, 2.24) is 20.0 Å². The number of nitrogens with two attached hydrogens (primary N) is 1. The second kappa shape index (κ2) is 9.22. The molecule has 2 aromatic carbocycles. The average Bonchev–Trinajstić information content (AvgIpc) is 3.45. The number of benzene rings is 2. The molecule has 5 aromatic rings. The van der Waals surface area contributed by atoms with Crippen molar-refractivity contribution >= 4 is 51.5 Å². The number of carbonyl (C=O) groups is 1. The molecule has 0 aliphatic heterocycles. The third-order valence-electron chi connectivity index (χ3n) is 5.32. The molecule has 7 nitrogen and oxygen atoms in total. The van der Waals surface area contributed by atoms with Crippen molar-refractivity contribution in [3.05, 3.63) is 88.1 Å². The van der Waals surface area contributed by atoms with Crippen molar-refractivity contribution < 1.29 is 4.79 Å². The minimum atomic E-state index is -0.278. The number of hydrogen-bond donors (Lipinski definition) is 2. The summed E-state index contributed by atoms with van der Waals surface area (Å²) in [6.07, 6.45) is 3.41. The number of thiophene rings is 1. The maximum Gasteiger partial charge on any atom is 0.257 e. The Labute approximate surface area is 194 Å². The van der Waals surface area contributed by atoms with Crippen LogP contribution in [-0.2, 0) is 6.42 Å². The zero-order valence-corrected chi connectivity index (χ0v) is 18.6. The Balaban J connectivity index is 1.47. The number of anilines is 1. The van der Waals surface area contributed by atoms with Gasteiger partial charge in [0.2, 0.25) is 0 Å². The number of hydrogen-bond acceptors (Lipinski definition) is 6. The first-order chi connectivity index (χ1) is 16.2. The lowest BCUT2D eigenvalue weighted by Gasteiger charge is -2.06. The molecule has 164 valence electrons. The Morgan fingerprint density at radius 1 is 1.03 bits per heavy atom. The standard InChI is InChI=1S/C25H22N6OS/c26-23-21(25(32)27-14-6-10-17-8-2-1-3-9-17)22-24(30-20-13-5-4-12-19(20)29-22)31(23)28-16-18-11-7-15-33-18/h1-5,7-9,11-13,15-16H,6,10,14,26H2,(H,27,32). The number of nitrogens with one attached hydrogen (secondary N) is 1. The van der Waals surface area contributed by atoms with Gasteiger partial charge in [-0.05, 0) is 42.0 Å². The van der Waals surface area contributed by atoms with Gasteiger partial charge in [-0.15, -0.1) is 11.3 Å². The van der Waals surface area contributed by atoms with Crippen LogP contribution in [0.5, 0.6) is 0 Å². The summed E-state index contributed by atoms with van der Waals surface area (Å²) in [7, 11) is 0. The van der Waals surface area contributed by atoms with Crippen molar-refractivity contribution in [1.29, 1.82) is 0 Å². The second-order valence-electron chi connectivity index (χ2n) is 7.56. The molecular weight excluding hydrogens is 432 g/mol. The van der Waals surface area contributed by atoms with E-state index in [1.807, 2.05) is 60.0 Å². The largest absolute Gasteiger partial charge is 0.383 e. The molecule has 0 atom stereocenters. The predicted molar refractivity (Wildman–Crippen MR) is 134 cm³/mol. The van der Waals surface area contributed by atoms with E-state index in [2.05, 4.69) is 22.6 Å². The number of nitrogen functional groups attached to an aromatic ring is 1. The van der Waals surface area contributed by atoms with Crippen LogP contribution in [-0.4, -0.2) is 33.3 Å². The predicted octanol–water partition coefficient (Wildman–Crippen LogP) is 4.47. The Bertz CT molecular complexity index is 1440. The van der Waals surface area contributed by atoms with Crippen LogP contribution in [0.4, 0.5) is 5.82 Å². The number of aryl methyl sites for hydroxylation is 1. The molecule has 0 bridgehead atoms. The lowest BCUT2D eigenvalue weighted by atomic mass is 10.1. The third kappa shape index (κ3) is 4.33. The highest BCUT2D eigenvalue weighted by molar-refractivity contribution is 7.11. The number of nitrogens with zero attached hydrogens (tertiary/aromatic N) is 4. The number of fused-ring (bicyclic) bond motifs is 2. The molecule has 0 unspecified atom stereocenters. The van der Waals surface area contributed by atoms with E-state index in [1.54, 1.807) is 17.6 Å². The van der Waals surface area contributed by atoms with E-state index in [1.165, 1.54) is 10.2 Å². The summed E-state index contributed by atoms with van der Waals surface area (Å²) in [5, 5.41) is 9.47. The van der Waals surface area contributed by atoms with E-state index in [-0.39, 0.29) is 11.7 Å². The number of amides is 1. The van der Waals surface area contributed by atoms with Crippen LogP contribution in [0.1, 0.15) is 27.2 Å². The van der Waals surface area contributed by atoms with Crippen LogP contribution in [0, 0.1) is 0 Å². The molecule has 3 heterocycles. The van der Waals surface area contributed by atoms with Crippen LogP contribution >= 0.6 is 11.3 Å². The second-order valence-corrected chi connectivity index (χ2v) is 8.54. The van der Waals surface area contributed by atoms with Gasteiger partial charge in [0.05, 0.1) is 17.2 Å². The van der Waals surface area contributed by atoms with Gasteiger partial charge in [-0.3, -0.25) is 4.79 Å². The third-order valence-corrected chi connectivity index (χ3v) is 6.12. The maximum absolute atomic E-state index is 13.2. The first-order valence-corrected chi connectivity index (χ1v) is 11.6. The molecule has 8 heteroatoms. The highest BCUT2D eigenvalue weighted by Gasteiger charge is 2.23. The van der Waals surface area contributed by atoms with Gasteiger partial charge in [-0.2, -0.15) is 9.78 Å². The number of carbonyl (C=O) groups excluding carboxylic acids is 1. The molecule has 0 aliphatic carbocycles. The van der Waals surface area contributed by atoms with Gasteiger partial charge in [0.25, 0.3) is 5.91 Å². The lowest BCUT2D eigenvalue weighted by molar-refractivity contribution is 0.0955. The quantitative estimate of drug-likeness (QED) is 0.280. The number of para-hydroxylation sites is 2. The zero-order chi connectivity index (χ0) is 22.6. The van der Waals surface area contributed by atoms with Gasteiger partial charge < -0.3 is 11.1 Å². The Morgan fingerprint density at radius 2 is 1.79 bits per heavy atom. The highest BCUT2D eigenvalue weighted by atomic mass is 32.1. The van der Waals surface area contributed by atoms with Crippen LogP contribution in [0.25, 0.3) is 22.2 Å².